The maximum Gasteiger partial charge on any atom is 0.304 e. The first kappa shape index (κ1) is 16.0. The number of nitrogens with two attached hydrogens (primary N) is 1. The van der Waals surface area contributed by atoms with Crippen LogP contribution in [0.2, 0.25) is 0 Å². The summed E-state index contributed by atoms with van der Waals surface area (Å²) in [4.78, 5) is 22.0. The highest BCUT2D eigenvalue weighted by molar-refractivity contribution is 5.86. The molecule has 1 rings (SSSR count). The molecular weight excluding hydrogens is 258 g/mol. The Morgan fingerprint density at radius 3 is 2.40 bits per heavy atom. The van der Waals surface area contributed by atoms with Crippen molar-refractivity contribution in [2.45, 2.75) is 38.5 Å². The number of rotatable bonds is 9. The van der Waals surface area contributed by atoms with Crippen LogP contribution in [0.5, 0.6) is 5.75 Å². The van der Waals surface area contributed by atoms with Gasteiger partial charge in [-0.15, -0.1) is 0 Å². The van der Waals surface area contributed by atoms with E-state index in [0.717, 1.165) is 19.3 Å². The summed E-state index contributed by atoms with van der Waals surface area (Å²) < 4.78 is 5.55. The highest BCUT2D eigenvalue weighted by Gasteiger charge is 2.21. The van der Waals surface area contributed by atoms with Crippen molar-refractivity contribution in [3.05, 3.63) is 29.8 Å². The Kier molecular flexibility index (Phi) is 6.56. The second kappa shape index (κ2) is 8.19. The van der Waals surface area contributed by atoms with Gasteiger partial charge in [0.2, 0.25) is 5.91 Å². The first-order chi connectivity index (χ1) is 9.54. The topological polar surface area (TPSA) is 89.6 Å². The van der Waals surface area contributed by atoms with Gasteiger partial charge in [-0.3, -0.25) is 9.59 Å². The molecule has 0 aliphatic rings. The number of primary amides is 1. The fraction of sp³-hybridized carbons (Fsp3) is 0.467. The molecule has 0 aromatic heterocycles. The lowest BCUT2D eigenvalue weighted by Crippen LogP contribution is -2.23. The van der Waals surface area contributed by atoms with Crippen molar-refractivity contribution in [3.63, 3.8) is 0 Å². The van der Waals surface area contributed by atoms with Crippen LogP contribution in [0.4, 0.5) is 0 Å². The summed E-state index contributed by atoms with van der Waals surface area (Å²) in [6.07, 6.45) is 2.96. The fourth-order valence-corrected chi connectivity index (χ4v) is 1.90. The molecule has 0 saturated heterocycles. The highest BCUT2D eigenvalue weighted by Crippen LogP contribution is 2.22. The molecule has 110 valence electrons. The lowest BCUT2D eigenvalue weighted by molar-refractivity contribution is -0.139. The van der Waals surface area contributed by atoms with Gasteiger partial charge in [0.15, 0.2) is 0 Å². The van der Waals surface area contributed by atoms with Gasteiger partial charge in [-0.05, 0) is 24.1 Å². The van der Waals surface area contributed by atoms with Crippen LogP contribution in [-0.4, -0.2) is 23.6 Å². The number of unbranched alkanes of at least 4 members (excludes halogenated alkanes) is 2. The normalized spacial score (nSPS) is 11.8. The number of aliphatic carboxylic acids is 1. The number of benzene rings is 1. The second-order valence-corrected chi connectivity index (χ2v) is 4.68. The SMILES string of the molecule is CCCCCOc1ccc(C(CC(=O)O)C(N)=O)cc1. The van der Waals surface area contributed by atoms with Crippen molar-refractivity contribution in [1.29, 1.82) is 0 Å². The Hall–Kier alpha value is -2.04. The molecule has 0 heterocycles. The van der Waals surface area contributed by atoms with Crippen molar-refractivity contribution in [2.75, 3.05) is 6.61 Å². The molecule has 1 aromatic rings. The number of ether oxygens (including phenoxy) is 1. The minimum atomic E-state index is -1.05. The van der Waals surface area contributed by atoms with E-state index in [9.17, 15) is 9.59 Å². The number of carboxylic acids is 1. The third-order valence-corrected chi connectivity index (χ3v) is 3.02. The lowest BCUT2D eigenvalue weighted by atomic mass is 9.95. The fourth-order valence-electron chi connectivity index (χ4n) is 1.90. The molecule has 20 heavy (non-hydrogen) atoms. The quantitative estimate of drug-likeness (QED) is 0.679. The number of hydrogen-bond donors (Lipinski definition) is 2. The van der Waals surface area contributed by atoms with E-state index in [-0.39, 0.29) is 6.42 Å². The van der Waals surface area contributed by atoms with Crippen LogP contribution < -0.4 is 10.5 Å². The van der Waals surface area contributed by atoms with Gasteiger partial charge < -0.3 is 15.6 Å². The van der Waals surface area contributed by atoms with E-state index in [2.05, 4.69) is 6.92 Å². The van der Waals surface area contributed by atoms with Crippen LogP contribution in [0.25, 0.3) is 0 Å². The molecule has 5 nitrogen and oxygen atoms in total. The second-order valence-electron chi connectivity index (χ2n) is 4.68. The summed E-state index contributed by atoms with van der Waals surface area (Å²) in [5.41, 5.74) is 5.83. The molecule has 0 bridgehead atoms. The molecule has 5 heteroatoms. The molecule has 0 aliphatic carbocycles. The summed E-state index contributed by atoms with van der Waals surface area (Å²) >= 11 is 0. The zero-order valence-electron chi connectivity index (χ0n) is 11.7. The first-order valence-electron chi connectivity index (χ1n) is 6.78. The molecule has 3 N–H and O–H groups in total. The van der Waals surface area contributed by atoms with Crippen LogP contribution in [0.1, 0.15) is 44.1 Å². The molecule has 1 unspecified atom stereocenters. The van der Waals surface area contributed by atoms with E-state index in [1.54, 1.807) is 24.3 Å². The maximum atomic E-state index is 11.3. The van der Waals surface area contributed by atoms with E-state index in [1.807, 2.05) is 0 Å². The van der Waals surface area contributed by atoms with Crippen molar-refractivity contribution in [3.8, 4) is 5.75 Å². The van der Waals surface area contributed by atoms with E-state index in [0.29, 0.717) is 17.9 Å². The van der Waals surface area contributed by atoms with Crippen LogP contribution in [0.15, 0.2) is 24.3 Å². The molecule has 1 atom stereocenters. The number of hydrogen-bond acceptors (Lipinski definition) is 3. The van der Waals surface area contributed by atoms with Crippen LogP contribution in [-0.2, 0) is 9.59 Å². The Morgan fingerprint density at radius 1 is 1.25 bits per heavy atom. The largest absolute Gasteiger partial charge is 0.494 e. The molecule has 0 fully saturated rings. The molecule has 0 aliphatic heterocycles. The van der Waals surface area contributed by atoms with Gasteiger partial charge in [-0.1, -0.05) is 31.9 Å². The number of carbonyl (C=O) groups excluding carboxylic acids is 1. The Balaban J connectivity index is 2.63. The molecule has 1 aromatic carbocycles. The zero-order chi connectivity index (χ0) is 15.0. The summed E-state index contributed by atoms with van der Waals surface area (Å²) in [5, 5.41) is 8.78. The molecule has 0 spiro atoms. The van der Waals surface area contributed by atoms with E-state index >= 15 is 0 Å². The highest BCUT2D eigenvalue weighted by atomic mass is 16.5. The molecule has 0 radical (unpaired) electrons. The van der Waals surface area contributed by atoms with Gasteiger partial charge in [0.25, 0.3) is 0 Å². The molecule has 0 saturated carbocycles. The number of amides is 1. The van der Waals surface area contributed by atoms with E-state index in [4.69, 9.17) is 15.6 Å². The lowest BCUT2D eigenvalue weighted by Gasteiger charge is -2.12. The van der Waals surface area contributed by atoms with Crippen LogP contribution in [0, 0.1) is 0 Å². The predicted octanol–water partition coefficient (Wildman–Crippen LogP) is 2.30. The van der Waals surface area contributed by atoms with Crippen LogP contribution in [0.3, 0.4) is 0 Å². The average molecular weight is 279 g/mol. The van der Waals surface area contributed by atoms with Crippen molar-refractivity contribution in [2.24, 2.45) is 5.73 Å². The van der Waals surface area contributed by atoms with E-state index in [1.165, 1.54) is 0 Å². The monoisotopic (exact) mass is 279 g/mol. The van der Waals surface area contributed by atoms with Crippen LogP contribution >= 0.6 is 0 Å². The van der Waals surface area contributed by atoms with Crippen molar-refractivity contribution < 1.29 is 19.4 Å². The van der Waals surface area contributed by atoms with E-state index < -0.39 is 17.8 Å². The maximum absolute atomic E-state index is 11.3. The predicted molar refractivity (Wildman–Crippen MR) is 75.7 cm³/mol. The van der Waals surface area contributed by atoms with Gasteiger partial charge in [0, 0.05) is 0 Å². The molecule has 1 amide bonds. The standard InChI is InChI=1S/C15H21NO4/c1-2-3-4-9-20-12-7-5-11(6-8-12)13(15(16)19)10-14(17)18/h5-8,13H,2-4,9-10H2,1H3,(H2,16,19)(H,17,18). The average Bonchev–Trinajstić information content (AvgIpc) is 2.41. The summed E-state index contributed by atoms with van der Waals surface area (Å²) in [6.45, 7) is 2.78. The Morgan fingerprint density at radius 2 is 1.90 bits per heavy atom. The summed E-state index contributed by atoms with van der Waals surface area (Å²) in [5.74, 6) is -1.78. The zero-order valence-corrected chi connectivity index (χ0v) is 11.7. The van der Waals surface area contributed by atoms with Gasteiger partial charge in [0.1, 0.15) is 5.75 Å². The smallest absolute Gasteiger partial charge is 0.304 e. The Labute approximate surface area is 118 Å². The Bertz CT molecular complexity index is 442. The van der Waals surface area contributed by atoms with Crippen molar-refractivity contribution >= 4 is 11.9 Å². The van der Waals surface area contributed by atoms with Crippen molar-refractivity contribution in [1.82, 2.24) is 0 Å². The number of carbonyl (C=O) groups is 2. The van der Waals surface area contributed by atoms with Gasteiger partial charge in [0.05, 0.1) is 18.9 Å². The van der Waals surface area contributed by atoms with Gasteiger partial charge in [-0.2, -0.15) is 0 Å². The minimum absolute atomic E-state index is 0.300. The third-order valence-electron chi connectivity index (χ3n) is 3.02. The third kappa shape index (κ3) is 5.30. The number of carboxylic acid groups (broad SMARTS) is 1. The minimum Gasteiger partial charge on any atom is -0.494 e. The van der Waals surface area contributed by atoms with Gasteiger partial charge >= 0.3 is 5.97 Å². The first-order valence-corrected chi connectivity index (χ1v) is 6.78. The molecular formula is C15H21NO4. The summed E-state index contributed by atoms with van der Waals surface area (Å²) in [6, 6.07) is 6.85. The van der Waals surface area contributed by atoms with Gasteiger partial charge in [-0.25, -0.2) is 0 Å². The summed E-state index contributed by atoms with van der Waals surface area (Å²) in [7, 11) is 0.